The van der Waals surface area contributed by atoms with Crippen LogP contribution in [0.3, 0.4) is 0 Å². The van der Waals surface area contributed by atoms with E-state index < -0.39 is 0 Å². The zero-order chi connectivity index (χ0) is 13.9. The minimum atomic E-state index is -0.368. The lowest BCUT2D eigenvalue weighted by Gasteiger charge is -2.06. The Bertz CT molecular complexity index is 618. The second kappa shape index (κ2) is 5.12. The zero-order valence-corrected chi connectivity index (χ0v) is 10.6. The summed E-state index contributed by atoms with van der Waals surface area (Å²) in [5.41, 5.74) is 4.08. The second-order valence-corrected chi connectivity index (χ2v) is 4.46. The van der Waals surface area contributed by atoms with E-state index in [1.54, 1.807) is 12.1 Å². The molecule has 0 bridgehead atoms. The first-order valence-corrected chi connectivity index (χ1v) is 6.28. The quantitative estimate of drug-likeness (QED) is 0.713. The molecule has 0 aromatic heterocycles. The van der Waals surface area contributed by atoms with Crippen LogP contribution in [0.4, 0.5) is 5.69 Å². The van der Waals surface area contributed by atoms with E-state index in [0.717, 1.165) is 24.5 Å². The van der Waals surface area contributed by atoms with Gasteiger partial charge >= 0.3 is 0 Å². The average molecular weight is 271 g/mol. The molecule has 2 aliphatic rings. The van der Waals surface area contributed by atoms with E-state index in [-0.39, 0.29) is 23.9 Å². The standard InChI is InChI=1S/C13H13N5O2/c19-11-7-10(17-18-11)13(20)16-9-3-1-8(2-4-9)12-14-5-6-15-12/h1-4H,5-7H2,(H,14,15)(H,16,20)(H,18,19). The minimum absolute atomic E-state index is 0.0185. The van der Waals surface area contributed by atoms with Gasteiger partial charge < -0.3 is 10.6 Å². The fourth-order valence-electron chi connectivity index (χ4n) is 2.00. The van der Waals surface area contributed by atoms with Crippen LogP contribution in [0.1, 0.15) is 12.0 Å². The third-order valence-corrected chi connectivity index (χ3v) is 3.00. The highest BCUT2D eigenvalue weighted by Crippen LogP contribution is 2.11. The highest BCUT2D eigenvalue weighted by atomic mass is 16.2. The molecule has 3 rings (SSSR count). The number of carbonyl (C=O) groups excluding carboxylic acids is 2. The highest BCUT2D eigenvalue weighted by molar-refractivity contribution is 6.46. The summed E-state index contributed by atoms with van der Waals surface area (Å²) in [6, 6.07) is 7.35. The number of benzene rings is 1. The van der Waals surface area contributed by atoms with Gasteiger partial charge in [-0.05, 0) is 24.3 Å². The lowest BCUT2D eigenvalue weighted by atomic mass is 10.2. The van der Waals surface area contributed by atoms with Gasteiger partial charge in [0.2, 0.25) is 5.91 Å². The molecule has 0 fully saturated rings. The Hall–Kier alpha value is -2.70. The number of nitrogens with one attached hydrogen (secondary N) is 3. The third-order valence-electron chi connectivity index (χ3n) is 3.00. The number of hydrogen-bond acceptors (Lipinski definition) is 5. The number of aliphatic imine (C=N–C) groups is 1. The summed E-state index contributed by atoms with van der Waals surface area (Å²) in [6.45, 7) is 1.64. The maximum atomic E-state index is 11.8. The van der Waals surface area contributed by atoms with Gasteiger partial charge in [0, 0.05) is 17.8 Å². The number of nitrogens with zero attached hydrogens (tertiary/aromatic N) is 2. The van der Waals surface area contributed by atoms with Crippen LogP contribution in [0, 0.1) is 0 Å². The van der Waals surface area contributed by atoms with Crippen molar-refractivity contribution in [1.29, 1.82) is 0 Å². The Morgan fingerprint density at radius 1 is 1.25 bits per heavy atom. The Balaban J connectivity index is 1.66. The second-order valence-electron chi connectivity index (χ2n) is 4.46. The number of amides is 2. The molecule has 3 N–H and O–H groups in total. The van der Waals surface area contributed by atoms with Crippen molar-refractivity contribution in [3.63, 3.8) is 0 Å². The largest absolute Gasteiger partial charge is 0.368 e. The minimum Gasteiger partial charge on any atom is -0.368 e. The van der Waals surface area contributed by atoms with Gasteiger partial charge in [-0.3, -0.25) is 14.6 Å². The van der Waals surface area contributed by atoms with Crippen LogP contribution in [0.5, 0.6) is 0 Å². The molecule has 7 nitrogen and oxygen atoms in total. The first-order valence-electron chi connectivity index (χ1n) is 6.28. The van der Waals surface area contributed by atoms with Crippen LogP contribution in [-0.2, 0) is 9.59 Å². The number of amidine groups is 1. The summed E-state index contributed by atoms with van der Waals surface area (Å²) in [7, 11) is 0. The molecule has 0 radical (unpaired) electrons. The molecule has 0 spiro atoms. The number of rotatable bonds is 3. The molecular formula is C13H13N5O2. The van der Waals surface area contributed by atoms with Crippen LogP contribution in [0.15, 0.2) is 34.4 Å². The van der Waals surface area contributed by atoms with Crippen LogP contribution < -0.4 is 16.1 Å². The summed E-state index contributed by atoms with van der Waals surface area (Å²) in [5.74, 6) is 0.237. The molecule has 0 saturated carbocycles. The maximum Gasteiger partial charge on any atom is 0.272 e. The lowest BCUT2D eigenvalue weighted by molar-refractivity contribution is -0.119. The SMILES string of the molecule is O=C1CC(C(=O)Nc2ccc(C3=NCCN3)cc2)=NN1. The van der Waals surface area contributed by atoms with Crippen molar-refractivity contribution >= 4 is 29.0 Å². The monoisotopic (exact) mass is 271 g/mol. The number of hydrogen-bond donors (Lipinski definition) is 3. The fourth-order valence-corrected chi connectivity index (χ4v) is 2.00. The molecule has 2 amide bonds. The van der Waals surface area contributed by atoms with E-state index in [0.29, 0.717) is 5.69 Å². The van der Waals surface area contributed by atoms with Gasteiger partial charge in [0.1, 0.15) is 11.5 Å². The first kappa shape index (κ1) is 12.3. The van der Waals surface area contributed by atoms with Crippen molar-refractivity contribution < 1.29 is 9.59 Å². The molecular weight excluding hydrogens is 258 g/mol. The number of hydrazone groups is 1. The molecule has 2 heterocycles. The van der Waals surface area contributed by atoms with Crippen molar-refractivity contribution in [3.8, 4) is 0 Å². The van der Waals surface area contributed by atoms with Crippen molar-refractivity contribution in [2.75, 3.05) is 18.4 Å². The van der Waals surface area contributed by atoms with Gasteiger partial charge in [0.25, 0.3) is 5.91 Å². The van der Waals surface area contributed by atoms with Crippen molar-refractivity contribution in [2.24, 2.45) is 10.1 Å². The zero-order valence-electron chi connectivity index (χ0n) is 10.6. The molecule has 7 heteroatoms. The average Bonchev–Trinajstić information content (AvgIpc) is 3.10. The van der Waals surface area contributed by atoms with Gasteiger partial charge in [0.05, 0.1) is 13.0 Å². The van der Waals surface area contributed by atoms with E-state index >= 15 is 0 Å². The lowest BCUT2D eigenvalue weighted by Crippen LogP contribution is -2.22. The third kappa shape index (κ3) is 2.51. The number of anilines is 1. The molecule has 1 aromatic carbocycles. The summed E-state index contributed by atoms with van der Waals surface area (Å²) >= 11 is 0. The van der Waals surface area contributed by atoms with Gasteiger partial charge in [0.15, 0.2) is 0 Å². The maximum absolute atomic E-state index is 11.8. The van der Waals surface area contributed by atoms with E-state index in [1.165, 1.54) is 0 Å². The van der Waals surface area contributed by atoms with Crippen molar-refractivity contribution in [2.45, 2.75) is 6.42 Å². The molecule has 2 aliphatic heterocycles. The number of carbonyl (C=O) groups is 2. The van der Waals surface area contributed by atoms with Crippen LogP contribution in [0.2, 0.25) is 0 Å². The van der Waals surface area contributed by atoms with Crippen LogP contribution in [0.25, 0.3) is 0 Å². The summed E-state index contributed by atoms with van der Waals surface area (Å²) in [5, 5.41) is 9.55. The normalized spacial score (nSPS) is 17.1. The van der Waals surface area contributed by atoms with Gasteiger partial charge in [-0.15, -0.1) is 0 Å². The smallest absolute Gasteiger partial charge is 0.272 e. The molecule has 0 unspecified atom stereocenters. The molecule has 20 heavy (non-hydrogen) atoms. The van der Waals surface area contributed by atoms with Crippen molar-refractivity contribution in [3.05, 3.63) is 29.8 Å². The van der Waals surface area contributed by atoms with E-state index in [9.17, 15) is 9.59 Å². The fraction of sp³-hybridized carbons (Fsp3) is 0.231. The highest BCUT2D eigenvalue weighted by Gasteiger charge is 2.21. The predicted octanol–water partition coefficient (Wildman–Crippen LogP) is -0.149. The predicted molar refractivity (Wildman–Crippen MR) is 74.7 cm³/mol. The first-order chi connectivity index (χ1) is 9.72. The van der Waals surface area contributed by atoms with Gasteiger partial charge in [-0.2, -0.15) is 5.10 Å². The van der Waals surface area contributed by atoms with E-state index in [2.05, 4.69) is 26.2 Å². The molecule has 0 atom stereocenters. The van der Waals surface area contributed by atoms with Crippen LogP contribution in [-0.4, -0.2) is 36.5 Å². The Morgan fingerprint density at radius 2 is 2.05 bits per heavy atom. The summed E-state index contributed by atoms with van der Waals surface area (Å²) in [4.78, 5) is 27.1. The van der Waals surface area contributed by atoms with Crippen LogP contribution >= 0.6 is 0 Å². The molecule has 1 aromatic rings. The Morgan fingerprint density at radius 3 is 2.65 bits per heavy atom. The summed E-state index contributed by atoms with van der Waals surface area (Å²) < 4.78 is 0. The Kier molecular flexibility index (Phi) is 3.16. The molecule has 0 saturated heterocycles. The van der Waals surface area contributed by atoms with Gasteiger partial charge in [-0.1, -0.05) is 0 Å². The van der Waals surface area contributed by atoms with E-state index in [4.69, 9.17) is 0 Å². The van der Waals surface area contributed by atoms with E-state index in [1.807, 2.05) is 12.1 Å². The molecule has 102 valence electrons. The topological polar surface area (TPSA) is 95.0 Å². The Labute approximate surface area is 115 Å². The van der Waals surface area contributed by atoms with Crippen molar-refractivity contribution in [1.82, 2.24) is 10.7 Å². The van der Waals surface area contributed by atoms with Gasteiger partial charge in [-0.25, -0.2) is 5.43 Å². The summed E-state index contributed by atoms with van der Waals surface area (Å²) in [6.07, 6.45) is 0.0185. The molecule has 0 aliphatic carbocycles.